The number of rotatable bonds is 3. The lowest BCUT2D eigenvalue weighted by atomic mass is 9.63. The molecule has 0 aromatic heterocycles. The molecule has 1 saturated heterocycles. The van der Waals surface area contributed by atoms with Crippen molar-refractivity contribution in [1.82, 2.24) is 0 Å². The van der Waals surface area contributed by atoms with Gasteiger partial charge in [0.05, 0.1) is 17.5 Å². The van der Waals surface area contributed by atoms with Gasteiger partial charge in [-0.25, -0.2) is 4.90 Å². The highest BCUT2D eigenvalue weighted by Gasteiger charge is 2.67. The average Bonchev–Trinajstić information content (AvgIpc) is 3.39. The molecule has 25 heavy (non-hydrogen) atoms. The number of hydrogen-bond donors (Lipinski definition) is 0. The second kappa shape index (κ2) is 5.29. The van der Waals surface area contributed by atoms with E-state index in [0.717, 1.165) is 34.1 Å². The van der Waals surface area contributed by atoms with Gasteiger partial charge in [-0.05, 0) is 66.2 Å². The van der Waals surface area contributed by atoms with Crippen LogP contribution in [0.15, 0.2) is 28.8 Å². The quantitative estimate of drug-likeness (QED) is 0.565. The Labute approximate surface area is 156 Å². The molecule has 6 atom stereocenters. The zero-order valence-electron chi connectivity index (χ0n) is 14.5. The van der Waals surface area contributed by atoms with Crippen molar-refractivity contribution in [2.45, 2.75) is 33.1 Å². The van der Waals surface area contributed by atoms with Crippen molar-refractivity contribution in [2.75, 3.05) is 4.90 Å². The van der Waals surface area contributed by atoms with Crippen molar-refractivity contribution in [3.05, 3.63) is 39.9 Å². The summed E-state index contributed by atoms with van der Waals surface area (Å²) in [5, 5.41) is 0. The third-order valence-corrected chi connectivity index (χ3v) is 7.34. The first-order valence-electron chi connectivity index (χ1n) is 9.44. The lowest BCUT2D eigenvalue weighted by Crippen LogP contribution is -2.40. The number of amides is 2. The highest BCUT2D eigenvalue weighted by molar-refractivity contribution is 9.10. The van der Waals surface area contributed by atoms with Gasteiger partial charge in [0.1, 0.15) is 0 Å². The zero-order valence-corrected chi connectivity index (χ0v) is 16.1. The van der Waals surface area contributed by atoms with Crippen LogP contribution in [0.1, 0.15) is 31.4 Å². The molecule has 1 aromatic rings. The number of benzene rings is 1. The predicted octanol–water partition coefficient (Wildman–Crippen LogP) is 4.13. The Kier molecular flexibility index (Phi) is 3.35. The van der Waals surface area contributed by atoms with E-state index in [9.17, 15) is 9.59 Å². The van der Waals surface area contributed by atoms with E-state index in [1.54, 1.807) is 4.90 Å². The number of nitrogens with zero attached hydrogens (tertiary/aromatic N) is 1. The van der Waals surface area contributed by atoms with E-state index in [-0.39, 0.29) is 35.5 Å². The molecule has 4 heteroatoms. The Morgan fingerprint density at radius 3 is 1.88 bits per heavy atom. The summed E-state index contributed by atoms with van der Waals surface area (Å²) >= 11 is 3.57. The van der Waals surface area contributed by atoms with Gasteiger partial charge in [-0.3, -0.25) is 9.59 Å². The van der Waals surface area contributed by atoms with Gasteiger partial charge in [-0.15, -0.1) is 0 Å². The topological polar surface area (TPSA) is 37.4 Å². The van der Waals surface area contributed by atoms with Crippen LogP contribution in [0.3, 0.4) is 0 Å². The third kappa shape index (κ3) is 1.98. The van der Waals surface area contributed by atoms with Crippen LogP contribution in [-0.2, 0) is 22.4 Å². The molecule has 0 spiro atoms. The Hall–Kier alpha value is -1.42. The van der Waals surface area contributed by atoms with Gasteiger partial charge in [0.25, 0.3) is 0 Å². The molecule has 2 bridgehead atoms. The lowest BCUT2D eigenvalue weighted by Gasteiger charge is -2.37. The highest BCUT2D eigenvalue weighted by Crippen LogP contribution is 2.65. The minimum atomic E-state index is -0.121. The first kappa shape index (κ1) is 15.8. The number of hydrogen-bond acceptors (Lipinski definition) is 2. The number of imide groups is 1. The molecule has 1 heterocycles. The van der Waals surface area contributed by atoms with E-state index in [4.69, 9.17) is 0 Å². The van der Waals surface area contributed by atoms with Crippen molar-refractivity contribution >= 4 is 33.4 Å². The maximum Gasteiger partial charge on any atom is 0.238 e. The summed E-state index contributed by atoms with van der Waals surface area (Å²) in [7, 11) is 0. The van der Waals surface area contributed by atoms with E-state index in [1.165, 1.54) is 6.42 Å². The Morgan fingerprint density at radius 1 is 0.960 bits per heavy atom. The monoisotopic (exact) mass is 399 g/mol. The van der Waals surface area contributed by atoms with Crippen LogP contribution < -0.4 is 4.90 Å². The van der Waals surface area contributed by atoms with Gasteiger partial charge in [-0.2, -0.15) is 0 Å². The molecule has 1 aromatic carbocycles. The number of allylic oxidation sites excluding steroid dienone is 2. The second-order valence-corrected chi connectivity index (χ2v) is 8.86. The molecule has 3 fully saturated rings. The molecule has 0 unspecified atom stereocenters. The van der Waals surface area contributed by atoms with E-state index < -0.39 is 0 Å². The van der Waals surface area contributed by atoms with Crippen molar-refractivity contribution in [1.29, 1.82) is 0 Å². The normalized spacial score (nSPS) is 37.5. The molecule has 2 saturated carbocycles. The van der Waals surface area contributed by atoms with Gasteiger partial charge in [0, 0.05) is 4.47 Å². The fourth-order valence-corrected chi connectivity index (χ4v) is 6.27. The smallest absolute Gasteiger partial charge is 0.238 e. The minimum Gasteiger partial charge on any atom is -0.274 e. The standard InChI is InChI=1S/C21H22BrNO2/c1-3-10-7-12(22)8-11(4-2)19(10)23-20(24)17-13-5-6-14(16-9-15(13)16)18(17)21(23)25/h5-8,13-18H,3-4,9H2,1-2H3/t13-,14+,15-,16-,17+,18+/m1/s1. The van der Waals surface area contributed by atoms with Crippen LogP contribution in [0.25, 0.3) is 0 Å². The minimum absolute atomic E-state index is 0.0476. The summed E-state index contributed by atoms with van der Waals surface area (Å²) < 4.78 is 1.02. The Bertz CT molecular complexity index is 768. The van der Waals surface area contributed by atoms with E-state index in [1.807, 2.05) is 0 Å². The van der Waals surface area contributed by atoms with Crippen molar-refractivity contribution < 1.29 is 9.59 Å². The van der Waals surface area contributed by atoms with E-state index in [0.29, 0.717) is 11.8 Å². The van der Waals surface area contributed by atoms with Crippen LogP contribution in [0, 0.1) is 35.5 Å². The summed E-state index contributed by atoms with van der Waals surface area (Å²) in [4.78, 5) is 28.3. The SMILES string of the molecule is CCc1cc(Br)cc(CC)c1N1C(=O)[C@H]2[C@@H]3C=C[C@@H]([C@H]4C[C@H]34)[C@@H]2C1=O. The number of carbonyl (C=O) groups is 2. The lowest BCUT2D eigenvalue weighted by molar-refractivity contribution is -0.124. The largest absolute Gasteiger partial charge is 0.274 e. The molecule has 3 nitrogen and oxygen atoms in total. The average molecular weight is 400 g/mol. The molecule has 5 aliphatic rings. The highest BCUT2D eigenvalue weighted by atomic mass is 79.9. The molecular formula is C21H22BrNO2. The van der Waals surface area contributed by atoms with Gasteiger partial charge in [0.2, 0.25) is 11.8 Å². The van der Waals surface area contributed by atoms with Crippen LogP contribution >= 0.6 is 15.9 Å². The Morgan fingerprint density at radius 2 is 1.44 bits per heavy atom. The summed E-state index contributed by atoms with van der Waals surface area (Å²) in [6.45, 7) is 4.17. The number of halogens is 1. The number of carbonyl (C=O) groups excluding carboxylic acids is 2. The van der Waals surface area contributed by atoms with Gasteiger partial charge < -0.3 is 0 Å². The summed E-state index contributed by atoms with van der Waals surface area (Å²) in [5.74, 6) is 1.72. The fourth-order valence-electron chi connectivity index (χ4n) is 5.72. The van der Waals surface area contributed by atoms with E-state index >= 15 is 0 Å². The van der Waals surface area contributed by atoms with Gasteiger partial charge in [-0.1, -0.05) is 41.9 Å². The molecule has 6 rings (SSSR count). The predicted molar refractivity (Wildman–Crippen MR) is 100 cm³/mol. The molecule has 1 aliphatic heterocycles. The first-order chi connectivity index (χ1) is 12.1. The van der Waals surface area contributed by atoms with Crippen LogP contribution in [0.5, 0.6) is 0 Å². The van der Waals surface area contributed by atoms with Crippen LogP contribution in [-0.4, -0.2) is 11.8 Å². The molecule has 130 valence electrons. The molecule has 0 radical (unpaired) electrons. The van der Waals surface area contributed by atoms with Gasteiger partial charge in [0.15, 0.2) is 0 Å². The summed E-state index contributed by atoms with van der Waals surface area (Å²) in [5.41, 5.74) is 3.03. The molecule has 4 aliphatic carbocycles. The number of aryl methyl sites for hydroxylation is 2. The Balaban J connectivity index is 1.63. The van der Waals surface area contributed by atoms with Crippen molar-refractivity contribution in [3.63, 3.8) is 0 Å². The van der Waals surface area contributed by atoms with Crippen LogP contribution in [0.4, 0.5) is 5.69 Å². The van der Waals surface area contributed by atoms with Gasteiger partial charge >= 0.3 is 0 Å². The fraction of sp³-hybridized carbons (Fsp3) is 0.524. The van der Waals surface area contributed by atoms with Crippen LogP contribution in [0.2, 0.25) is 0 Å². The third-order valence-electron chi connectivity index (χ3n) is 6.88. The number of anilines is 1. The first-order valence-corrected chi connectivity index (χ1v) is 10.2. The zero-order chi connectivity index (χ0) is 17.5. The van der Waals surface area contributed by atoms with Crippen molar-refractivity contribution in [3.8, 4) is 0 Å². The second-order valence-electron chi connectivity index (χ2n) is 7.95. The summed E-state index contributed by atoms with van der Waals surface area (Å²) in [6.07, 6.45) is 7.29. The van der Waals surface area contributed by atoms with E-state index in [2.05, 4.69) is 54.1 Å². The maximum atomic E-state index is 13.4. The summed E-state index contributed by atoms with van der Waals surface area (Å²) in [6, 6.07) is 4.11. The maximum absolute atomic E-state index is 13.4. The molecular weight excluding hydrogens is 378 g/mol. The molecule has 0 N–H and O–H groups in total. The molecule has 2 amide bonds. The van der Waals surface area contributed by atoms with Crippen molar-refractivity contribution in [2.24, 2.45) is 35.5 Å².